The van der Waals surface area contributed by atoms with E-state index in [1.54, 1.807) is 24.3 Å². The van der Waals surface area contributed by atoms with Crippen molar-refractivity contribution >= 4 is 17.7 Å². The number of carbonyl (C=O) groups is 1. The summed E-state index contributed by atoms with van der Waals surface area (Å²) in [7, 11) is 0. The molecule has 5 nitrogen and oxygen atoms in total. The van der Waals surface area contributed by atoms with Gasteiger partial charge in [0.15, 0.2) is 0 Å². The molecule has 1 aromatic heterocycles. The third kappa shape index (κ3) is 3.97. The van der Waals surface area contributed by atoms with Crippen LogP contribution in [-0.4, -0.2) is 11.0 Å². The van der Waals surface area contributed by atoms with E-state index in [1.165, 1.54) is 42.5 Å². The summed E-state index contributed by atoms with van der Waals surface area (Å²) in [5.74, 6) is -0.211. The van der Waals surface area contributed by atoms with Gasteiger partial charge in [-0.15, -0.1) is 0 Å². The second kappa shape index (κ2) is 7.36. The van der Waals surface area contributed by atoms with Crippen molar-refractivity contribution in [3.8, 4) is 23.1 Å². The lowest BCUT2D eigenvalue weighted by molar-refractivity contribution is -0.112. The Morgan fingerprint density at radius 2 is 1.92 bits per heavy atom. The summed E-state index contributed by atoms with van der Waals surface area (Å²) in [5.41, 5.74) is 0.837. The smallest absolute Gasteiger partial charge is 0.266 e. The SMILES string of the molecule is N#CC(=Cc1ccc(-c2cccc(F)c2)o1)C(=O)Nc1ccc(O)cc1. The Hall–Kier alpha value is -3.85. The fourth-order valence-corrected chi connectivity index (χ4v) is 2.26. The van der Waals surface area contributed by atoms with Crippen molar-refractivity contribution in [3.63, 3.8) is 0 Å². The Kier molecular flexibility index (Phi) is 4.81. The van der Waals surface area contributed by atoms with Gasteiger partial charge < -0.3 is 14.8 Å². The van der Waals surface area contributed by atoms with Gasteiger partial charge in [-0.2, -0.15) is 5.26 Å². The number of hydrogen-bond acceptors (Lipinski definition) is 4. The van der Waals surface area contributed by atoms with E-state index in [0.717, 1.165) is 0 Å². The highest BCUT2D eigenvalue weighted by Crippen LogP contribution is 2.24. The first kappa shape index (κ1) is 17.0. The van der Waals surface area contributed by atoms with Crippen molar-refractivity contribution in [3.05, 3.63) is 77.8 Å². The standard InChI is InChI=1S/C20H13FN2O3/c21-15-3-1-2-13(10-15)19-9-8-18(26-19)11-14(12-22)20(25)23-16-4-6-17(24)7-5-16/h1-11,24H,(H,23,25). The van der Waals surface area contributed by atoms with Gasteiger partial charge in [0.25, 0.3) is 5.91 Å². The second-order valence-electron chi connectivity index (χ2n) is 5.38. The number of furan rings is 1. The van der Waals surface area contributed by atoms with E-state index in [4.69, 9.17) is 4.42 Å². The second-order valence-corrected chi connectivity index (χ2v) is 5.38. The van der Waals surface area contributed by atoms with Crippen LogP contribution in [0.1, 0.15) is 5.76 Å². The van der Waals surface area contributed by atoms with Crippen molar-refractivity contribution in [2.75, 3.05) is 5.32 Å². The molecule has 1 heterocycles. The summed E-state index contributed by atoms with van der Waals surface area (Å²) in [6.45, 7) is 0. The predicted molar refractivity (Wildman–Crippen MR) is 94.4 cm³/mol. The molecule has 0 atom stereocenters. The lowest BCUT2D eigenvalue weighted by Crippen LogP contribution is -2.13. The van der Waals surface area contributed by atoms with Gasteiger partial charge in [0.05, 0.1) is 0 Å². The fourth-order valence-electron chi connectivity index (χ4n) is 2.26. The number of halogens is 1. The van der Waals surface area contributed by atoms with Crippen molar-refractivity contribution in [1.29, 1.82) is 5.26 Å². The molecule has 6 heteroatoms. The van der Waals surface area contributed by atoms with E-state index in [0.29, 0.717) is 22.8 Å². The largest absolute Gasteiger partial charge is 0.508 e. The number of phenolic OH excluding ortho intramolecular Hbond substituents is 1. The minimum atomic E-state index is -0.609. The molecule has 0 aliphatic carbocycles. The maximum Gasteiger partial charge on any atom is 0.266 e. The summed E-state index contributed by atoms with van der Waals surface area (Å²) < 4.78 is 18.9. The molecule has 3 rings (SSSR count). The van der Waals surface area contributed by atoms with Crippen molar-refractivity contribution < 1.29 is 18.7 Å². The van der Waals surface area contributed by atoms with Crippen LogP contribution in [0.25, 0.3) is 17.4 Å². The van der Waals surface area contributed by atoms with Gasteiger partial charge in [-0.25, -0.2) is 4.39 Å². The number of rotatable bonds is 4. The Labute approximate surface area is 148 Å². The van der Waals surface area contributed by atoms with E-state index in [9.17, 15) is 19.6 Å². The number of benzene rings is 2. The Balaban J connectivity index is 1.80. The van der Waals surface area contributed by atoms with Gasteiger partial charge in [0.1, 0.15) is 34.7 Å². The van der Waals surface area contributed by atoms with Crippen molar-refractivity contribution in [2.45, 2.75) is 0 Å². The quantitative estimate of drug-likeness (QED) is 0.417. The minimum absolute atomic E-state index is 0.0690. The zero-order chi connectivity index (χ0) is 18.5. The average molecular weight is 348 g/mol. The van der Waals surface area contributed by atoms with Crippen LogP contribution in [0.15, 0.2) is 70.7 Å². The predicted octanol–water partition coefficient (Wildman–Crippen LogP) is 4.34. The van der Waals surface area contributed by atoms with Gasteiger partial charge in [-0.1, -0.05) is 12.1 Å². The number of anilines is 1. The maximum atomic E-state index is 13.3. The average Bonchev–Trinajstić information content (AvgIpc) is 3.10. The van der Waals surface area contributed by atoms with Gasteiger partial charge in [0, 0.05) is 17.3 Å². The van der Waals surface area contributed by atoms with Crippen LogP contribution >= 0.6 is 0 Å². The molecule has 128 valence electrons. The molecule has 0 saturated heterocycles. The number of carbonyl (C=O) groups excluding carboxylic acids is 1. The summed E-state index contributed by atoms with van der Waals surface area (Å²) in [5, 5.41) is 21.0. The van der Waals surface area contributed by atoms with E-state index >= 15 is 0 Å². The van der Waals surface area contributed by atoms with Crippen LogP contribution in [0.4, 0.5) is 10.1 Å². The van der Waals surface area contributed by atoms with Crippen LogP contribution in [0, 0.1) is 17.1 Å². The molecule has 2 N–H and O–H groups in total. The number of amides is 1. The number of nitrogens with zero attached hydrogens (tertiary/aromatic N) is 1. The monoisotopic (exact) mass is 348 g/mol. The van der Waals surface area contributed by atoms with Gasteiger partial charge >= 0.3 is 0 Å². The van der Waals surface area contributed by atoms with E-state index in [2.05, 4.69) is 5.32 Å². The lowest BCUT2D eigenvalue weighted by Gasteiger charge is -2.03. The highest BCUT2D eigenvalue weighted by molar-refractivity contribution is 6.09. The molecule has 0 unspecified atom stereocenters. The molecular formula is C20H13FN2O3. The summed E-state index contributed by atoms with van der Waals surface area (Å²) in [6, 6.07) is 16.8. The molecule has 0 radical (unpaired) electrons. The summed E-state index contributed by atoms with van der Waals surface area (Å²) in [4.78, 5) is 12.2. The van der Waals surface area contributed by atoms with Crippen LogP contribution in [0.3, 0.4) is 0 Å². The first-order valence-electron chi connectivity index (χ1n) is 7.63. The first-order valence-corrected chi connectivity index (χ1v) is 7.63. The maximum absolute atomic E-state index is 13.3. The van der Waals surface area contributed by atoms with Crippen LogP contribution < -0.4 is 5.32 Å². The number of nitriles is 1. The molecule has 0 fully saturated rings. The molecule has 3 aromatic rings. The number of nitrogens with one attached hydrogen (secondary N) is 1. The lowest BCUT2D eigenvalue weighted by atomic mass is 10.2. The summed E-state index contributed by atoms with van der Waals surface area (Å²) in [6.07, 6.45) is 1.30. The van der Waals surface area contributed by atoms with Crippen LogP contribution in [0.5, 0.6) is 5.75 Å². The minimum Gasteiger partial charge on any atom is -0.508 e. The molecule has 0 saturated carbocycles. The van der Waals surface area contributed by atoms with E-state index in [1.807, 2.05) is 6.07 Å². The Morgan fingerprint density at radius 1 is 1.15 bits per heavy atom. The normalized spacial score (nSPS) is 11.0. The van der Waals surface area contributed by atoms with E-state index < -0.39 is 5.91 Å². The Bertz CT molecular complexity index is 1010. The van der Waals surface area contributed by atoms with Crippen molar-refractivity contribution in [2.24, 2.45) is 0 Å². The third-order valence-electron chi connectivity index (χ3n) is 3.51. The highest BCUT2D eigenvalue weighted by atomic mass is 19.1. The molecule has 26 heavy (non-hydrogen) atoms. The van der Waals surface area contributed by atoms with E-state index in [-0.39, 0.29) is 17.1 Å². The highest BCUT2D eigenvalue weighted by Gasteiger charge is 2.12. The molecule has 0 aliphatic heterocycles. The molecule has 1 amide bonds. The molecule has 0 aliphatic rings. The molecular weight excluding hydrogens is 335 g/mol. The fraction of sp³-hybridized carbons (Fsp3) is 0. The number of hydrogen-bond donors (Lipinski definition) is 2. The topological polar surface area (TPSA) is 86.3 Å². The zero-order valence-electron chi connectivity index (χ0n) is 13.4. The van der Waals surface area contributed by atoms with Crippen molar-refractivity contribution in [1.82, 2.24) is 0 Å². The van der Waals surface area contributed by atoms with Gasteiger partial charge in [0.2, 0.25) is 0 Å². The number of phenols is 1. The first-order chi connectivity index (χ1) is 12.5. The molecule has 2 aromatic carbocycles. The van der Waals surface area contributed by atoms with Gasteiger partial charge in [-0.05, 0) is 48.5 Å². The van der Waals surface area contributed by atoms with Crippen LogP contribution in [-0.2, 0) is 4.79 Å². The molecule has 0 spiro atoms. The third-order valence-corrected chi connectivity index (χ3v) is 3.51. The molecule has 0 bridgehead atoms. The summed E-state index contributed by atoms with van der Waals surface area (Å²) >= 11 is 0. The van der Waals surface area contributed by atoms with Gasteiger partial charge in [-0.3, -0.25) is 4.79 Å². The zero-order valence-corrected chi connectivity index (χ0v) is 13.4. The number of aromatic hydroxyl groups is 1. The Morgan fingerprint density at radius 3 is 2.62 bits per heavy atom. The van der Waals surface area contributed by atoms with Crippen LogP contribution in [0.2, 0.25) is 0 Å².